The lowest BCUT2D eigenvalue weighted by atomic mass is 9.89. The van der Waals surface area contributed by atoms with E-state index in [2.05, 4.69) is 0 Å². The summed E-state index contributed by atoms with van der Waals surface area (Å²) in [6.45, 7) is 1.21. The van der Waals surface area contributed by atoms with Gasteiger partial charge in [0.25, 0.3) is 5.91 Å². The fraction of sp³-hybridized carbons (Fsp3) is 0.333. The molecule has 1 amide bonds. The second-order valence-electron chi connectivity index (χ2n) is 8.21. The van der Waals surface area contributed by atoms with Crippen LogP contribution in [0.1, 0.15) is 48.3 Å². The van der Waals surface area contributed by atoms with Gasteiger partial charge in [-0.25, -0.2) is 9.37 Å². The minimum atomic E-state index is -0.342. The van der Waals surface area contributed by atoms with Gasteiger partial charge in [0.05, 0.1) is 17.9 Å². The molecule has 1 aromatic heterocycles. The van der Waals surface area contributed by atoms with Crippen molar-refractivity contribution in [2.75, 3.05) is 6.54 Å². The standard InChI is InChI=1S/C24H23ClFN3O/c25-18-12-10-17(11-13-18)23-27-22-21(29(23)20-9-5-4-8-19(20)26)15-28(24(22)30)14-16-6-2-1-3-7-16/h4-5,8-13,16H,1-3,6-7,14-15H2. The number of benzene rings is 2. The summed E-state index contributed by atoms with van der Waals surface area (Å²) in [5.41, 5.74) is 2.39. The number of aromatic nitrogens is 2. The van der Waals surface area contributed by atoms with Gasteiger partial charge >= 0.3 is 0 Å². The first-order valence-electron chi connectivity index (χ1n) is 10.5. The number of halogens is 2. The first kappa shape index (κ1) is 19.3. The number of rotatable bonds is 4. The Bertz CT molecular complexity index is 1090. The number of fused-ring (bicyclic) bond motifs is 1. The molecule has 2 aromatic carbocycles. The van der Waals surface area contributed by atoms with E-state index >= 15 is 0 Å². The van der Waals surface area contributed by atoms with Crippen LogP contribution in [0.25, 0.3) is 17.1 Å². The van der Waals surface area contributed by atoms with E-state index in [0.29, 0.717) is 34.7 Å². The zero-order chi connectivity index (χ0) is 20.7. The van der Waals surface area contributed by atoms with E-state index in [1.807, 2.05) is 17.0 Å². The monoisotopic (exact) mass is 423 g/mol. The molecule has 5 rings (SSSR count). The Morgan fingerprint density at radius 3 is 2.50 bits per heavy atom. The van der Waals surface area contributed by atoms with Gasteiger partial charge in [-0.15, -0.1) is 0 Å². The number of hydrogen-bond acceptors (Lipinski definition) is 2. The molecule has 4 nitrogen and oxygen atoms in total. The van der Waals surface area contributed by atoms with Crippen molar-refractivity contribution in [2.45, 2.75) is 38.6 Å². The number of hydrogen-bond donors (Lipinski definition) is 0. The average Bonchev–Trinajstić information content (AvgIpc) is 3.27. The Kier molecular flexibility index (Phi) is 5.07. The van der Waals surface area contributed by atoms with Gasteiger partial charge in [-0.1, -0.05) is 43.0 Å². The molecule has 1 aliphatic carbocycles. The first-order chi connectivity index (χ1) is 14.6. The highest BCUT2D eigenvalue weighted by atomic mass is 35.5. The van der Waals surface area contributed by atoms with Crippen LogP contribution >= 0.6 is 11.6 Å². The van der Waals surface area contributed by atoms with Crippen LogP contribution in [0.15, 0.2) is 48.5 Å². The highest BCUT2D eigenvalue weighted by molar-refractivity contribution is 6.30. The zero-order valence-electron chi connectivity index (χ0n) is 16.7. The summed E-state index contributed by atoms with van der Waals surface area (Å²) in [5.74, 6) is 0.712. The Morgan fingerprint density at radius 2 is 1.77 bits per heavy atom. The molecule has 0 spiro atoms. The quantitative estimate of drug-likeness (QED) is 0.526. The van der Waals surface area contributed by atoms with Crippen LogP contribution in [-0.2, 0) is 6.54 Å². The summed E-state index contributed by atoms with van der Waals surface area (Å²) < 4.78 is 16.6. The van der Waals surface area contributed by atoms with E-state index < -0.39 is 0 Å². The number of para-hydroxylation sites is 1. The fourth-order valence-electron chi connectivity index (χ4n) is 4.69. The van der Waals surface area contributed by atoms with Crippen molar-refractivity contribution in [2.24, 2.45) is 5.92 Å². The summed E-state index contributed by atoms with van der Waals surface area (Å²) in [6, 6.07) is 13.9. The number of amides is 1. The fourth-order valence-corrected chi connectivity index (χ4v) is 4.81. The average molecular weight is 424 g/mol. The second kappa shape index (κ2) is 7.88. The maximum Gasteiger partial charge on any atom is 0.274 e. The highest BCUT2D eigenvalue weighted by Gasteiger charge is 2.36. The van der Waals surface area contributed by atoms with Gasteiger partial charge in [0.2, 0.25) is 0 Å². The molecule has 0 saturated heterocycles. The van der Waals surface area contributed by atoms with Crippen LogP contribution < -0.4 is 0 Å². The van der Waals surface area contributed by atoms with Crippen LogP contribution in [0.2, 0.25) is 5.02 Å². The Balaban J connectivity index is 1.57. The summed E-state index contributed by atoms with van der Waals surface area (Å²) in [5, 5.41) is 0.616. The molecule has 1 aliphatic heterocycles. The third-order valence-electron chi connectivity index (χ3n) is 6.20. The van der Waals surface area contributed by atoms with E-state index in [0.717, 1.165) is 17.8 Å². The van der Waals surface area contributed by atoms with E-state index in [4.69, 9.17) is 16.6 Å². The minimum Gasteiger partial charge on any atom is -0.331 e. The van der Waals surface area contributed by atoms with Crippen molar-refractivity contribution in [3.05, 3.63) is 70.8 Å². The zero-order valence-corrected chi connectivity index (χ0v) is 17.4. The minimum absolute atomic E-state index is 0.0547. The molecule has 2 heterocycles. The molecular weight excluding hydrogens is 401 g/mol. The van der Waals surface area contributed by atoms with Gasteiger partial charge in [-0.05, 0) is 55.2 Å². The number of imidazole rings is 1. The highest BCUT2D eigenvalue weighted by Crippen LogP contribution is 2.35. The molecule has 0 atom stereocenters. The number of nitrogens with zero attached hydrogens (tertiary/aromatic N) is 3. The molecule has 0 unspecified atom stereocenters. The van der Waals surface area contributed by atoms with Gasteiger partial charge < -0.3 is 4.90 Å². The van der Waals surface area contributed by atoms with Gasteiger partial charge in [-0.3, -0.25) is 9.36 Å². The topological polar surface area (TPSA) is 38.1 Å². The summed E-state index contributed by atoms with van der Waals surface area (Å²) >= 11 is 6.04. The molecule has 154 valence electrons. The predicted molar refractivity (Wildman–Crippen MR) is 115 cm³/mol. The van der Waals surface area contributed by atoms with Gasteiger partial charge in [0.1, 0.15) is 11.6 Å². The van der Waals surface area contributed by atoms with Crippen molar-refractivity contribution < 1.29 is 9.18 Å². The van der Waals surface area contributed by atoms with Crippen molar-refractivity contribution in [3.8, 4) is 17.1 Å². The normalized spacial score (nSPS) is 16.9. The Hall–Kier alpha value is -2.66. The van der Waals surface area contributed by atoms with Crippen molar-refractivity contribution in [1.82, 2.24) is 14.5 Å². The molecular formula is C24H23ClFN3O. The van der Waals surface area contributed by atoms with Gasteiger partial charge in [0.15, 0.2) is 5.69 Å². The molecule has 2 aliphatic rings. The predicted octanol–water partition coefficient (Wildman–Crippen LogP) is 5.87. The lowest BCUT2D eigenvalue weighted by molar-refractivity contribution is 0.0732. The smallest absolute Gasteiger partial charge is 0.274 e. The van der Waals surface area contributed by atoms with Crippen LogP contribution in [0.3, 0.4) is 0 Å². The Labute approximate surface area is 180 Å². The van der Waals surface area contributed by atoms with Crippen molar-refractivity contribution in [3.63, 3.8) is 0 Å². The van der Waals surface area contributed by atoms with Crippen LogP contribution in [-0.4, -0.2) is 26.9 Å². The van der Waals surface area contributed by atoms with Gasteiger partial charge in [-0.2, -0.15) is 0 Å². The van der Waals surface area contributed by atoms with Crippen LogP contribution in [0, 0.1) is 11.7 Å². The first-order valence-corrected chi connectivity index (χ1v) is 10.9. The summed E-state index contributed by atoms with van der Waals surface area (Å²) in [7, 11) is 0. The van der Waals surface area contributed by atoms with Crippen LogP contribution in [0.5, 0.6) is 0 Å². The SMILES string of the molecule is O=C1c2nc(-c3ccc(Cl)cc3)n(-c3ccccc3F)c2CN1CC1CCCCC1. The van der Waals surface area contributed by atoms with E-state index in [9.17, 15) is 9.18 Å². The lowest BCUT2D eigenvalue weighted by Gasteiger charge is -2.27. The molecule has 0 N–H and O–H groups in total. The maximum atomic E-state index is 14.8. The van der Waals surface area contributed by atoms with Gasteiger partial charge in [0, 0.05) is 17.1 Å². The molecule has 30 heavy (non-hydrogen) atoms. The van der Waals surface area contributed by atoms with E-state index in [-0.39, 0.29) is 11.7 Å². The maximum absolute atomic E-state index is 14.8. The number of carbonyl (C=O) groups is 1. The Morgan fingerprint density at radius 1 is 1.03 bits per heavy atom. The van der Waals surface area contributed by atoms with Crippen molar-refractivity contribution in [1.29, 1.82) is 0 Å². The molecule has 0 bridgehead atoms. The third-order valence-corrected chi connectivity index (χ3v) is 6.45. The van der Waals surface area contributed by atoms with E-state index in [1.165, 1.54) is 38.2 Å². The molecule has 0 radical (unpaired) electrons. The summed E-state index contributed by atoms with van der Waals surface area (Å²) in [4.78, 5) is 19.8. The van der Waals surface area contributed by atoms with E-state index in [1.54, 1.807) is 34.9 Å². The number of carbonyl (C=O) groups excluding carboxylic acids is 1. The van der Waals surface area contributed by atoms with Crippen LogP contribution in [0.4, 0.5) is 4.39 Å². The second-order valence-corrected chi connectivity index (χ2v) is 8.65. The largest absolute Gasteiger partial charge is 0.331 e. The molecule has 1 fully saturated rings. The lowest BCUT2D eigenvalue weighted by Crippen LogP contribution is -2.31. The molecule has 6 heteroatoms. The molecule has 1 saturated carbocycles. The molecule has 3 aromatic rings. The summed E-state index contributed by atoms with van der Waals surface area (Å²) in [6.07, 6.45) is 6.10. The van der Waals surface area contributed by atoms with Crippen molar-refractivity contribution >= 4 is 17.5 Å². The third kappa shape index (κ3) is 3.41.